The van der Waals surface area contributed by atoms with E-state index < -0.39 is 23.1 Å². The van der Waals surface area contributed by atoms with Crippen LogP contribution in [0.1, 0.15) is 54.7 Å². The van der Waals surface area contributed by atoms with E-state index in [4.69, 9.17) is 0 Å². The molecular formula is C27H27FN2O4. The summed E-state index contributed by atoms with van der Waals surface area (Å²) < 4.78 is 15.2. The van der Waals surface area contributed by atoms with E-state index in [1.807, 2.05) is 23.0 Å². The molecule has 0 saturated heterocycles. The van der Waals surface area contributed by atoms with Crippen molar-refractivity contribution in [1.82, 2.24) is 9.78 Å². The largest absolute Gasteiger partial charge is 0.479 e. The third kappa shape index (κ3) is 3.56. The second kappa shape index (κ2) is 8.18. The van der Waals surface area contributed by atoms with E-state index in [1.54, 1.807) is 24.3 Å². The number of carboxylic acids is 1. The molecular weight excluding hydrogens is 435 g/mol. The van der Waals surface area contributed by atoms with Gasteiger partial charge < -0.3 is 15.3 Å². The van der Waals surface area contributed by atoms with Gasteiger partial charge in [0.05, 0.1) is 23.2 Å². The lowest BCUT2D eigenvalue weighted by molar-refractivity contribution is -0.147. The summed E-state index contributed by atoms with van der Waals surface area (Å²) in [6.45, 7) is 2.09. The Bertz CT molecular complexity index is 1280. The summed E-state index contributed by atoms with van der Waals surface area (Å²) in [7, 11) is 0. The van der Waals surface area contributed by atoms with Crippen LogP contribution >= 0.6 is 0 Å². The predicted molar refractivity (Wildman–Crippen MR) is 125 cm³/mol. The van der Waals surface area contributed by atoms with Gasteiger partial charge in [0, 0.05) is 5.41 Å². The van der Waals surface area contributed by atoms with Crippen molar-refractivity contribution in [3.8, 4) is 5.69 Å². The van der Waals surface area contributed by atoms with E-state index in [-0.39, 0.29) is 5.82 Å². The van der Waals surface area contributed by atoms with Crippen molar-refractivity contribution in [2.24, 2.45) is 5.41 Å². The van der Waals surface area contributed by atoms with Gasteiger partial charge in [-0.15, -0.1) is 0 Å². The third-order valence-electron chi connectivity index (χ3n) is 7.75. The fraction of sp³-hybridized carbons (Fsp3) is 0.333. The van der Waals surface area contributed by atoms with Crippen LogP contribution < -0.4 is 0 Å². The summed E-state index contributed by atoms with van der Waals surface area (Å²) in [5.41, 5.74) is 3.56. The first-order valence-electron chi connectivity index (χ1n) is 11.5. The number of aliphatic hydroxyl groups is 2. The standard InChI is InChI=1S/C27H27FN2O4/c1-26-15-18-16-29-30(21-8-6-20(28)7-9-21)23(18)14-19(26)11-13-27(26,34)12-10-17-4-2-3-5-22(17)24(31)25(32)33/h2-9,14,16,24,31,34H,10-13,15H2,1H3,(H,32,33). The number of carbonyl (C=O) groups is 1. The highest BCUT2D eigenvalue weighted by Crippen LogP contribution is 2.56. The Morgan fingerprint density at radius 1 is 1.21 bits per heavy atom. The second-order valence-electron chi connectivity index (χ2n) is 9.59. The Hall–Kier alpha value is -3.29. The zero-order chi connectivity index (χ0) is 24.1. The highest BCUT2D eigenvalue weighted by molar-refractivity contribution is 5.74. The predicted octanol–water partition coefficient (Wildman–Crippen LogP) is 4.23. The number of fused-ring (bicyclic) bond motifs is 2. The van der Waals surface area contributed by atoms with Crippen molar-refractivity contribution in [3.05, 3.63) is 88.5 Å². The summed E-state index contributed by atoms with van der Waals surface area (Å²) in [6, 6.07) is 13.2. The molecule has 3 aromatic rings. The lowest BCUT2D eigenvalue weighted by Gasteiger charge is -2.42. The van der Waals surface area contributed by atoms with E-state index in [1.165, 1.54) is 12.1 Å². The summed E-state index contributed by atoms with van der Waals surface area (Å²) in [4.78, 5) is 11.3. The van der Waals surface area contributed by atoms with Crippen LogP contribution in [0.2, 0.25) is 0 Å². The van der Waals surface area contributed by atoms with Gasteiger partial charge in [-0.3, -0.25) is 0 Å². The molecule has 0 spiro atoms. The maximum atomic E-state index is 13.4. The molecule has 2 aliphatic rings. The molecule has 5 rings (SSSR count). The maximum Gasteiger partial charge on any atom is 0.337 e. The van der Waals surface area contributed by atoms with Crippen LogP contribution in [0.15, 0.2) is 60.3 Å². The normalized spacial score (nSPS) is 24.3. The summed E-state index contributed by atoms with van der Waals surface area (Å²) in [5.74, 6) is -1.59. The van der Waals surface area contributed by atoms with E-state index in [0.29, 0.717) is 31.2 Å². The molecule has 2 aliphatic carbocycles. The third-order valence-corrected chi connectivity index (χ3v) is 7.75. The highest BCUT2D eigenvalue weighted by atomic mass is 19.1. The minimum atomic E-state index is -1.59. The molecule has 3 atom stereocenters. The molecule has 0 radical (unpaired) electrons. The molecule has 1 saturated carbocycles. The summed E-state index contributed by atoms with van der Waals surface area (Å²) >= 11 is 0. The Labute approximate surface area is 197 Å². The molecule has 6 nitrogen and oxygen atoms in total. The smallest absolute Gasteiger partial charge is 0.337 e. The van der Waals surface area contributed by atoms with Gasteiger partial charge in [-0.05, 0) is 79.1 Å². The number of benzene rings is 2. The minimum absolute atomic E-state index is 0.297. The molecule has 1 fully saturated rings. The Kier molecular flexibility index (Phi) is 5.41. The number of nitrogens with zero attached hydrogens (tertiary/aromatic N) is 2. The highest BCUT2D eigenvalue weighted by Gasteiger charge is 2.54. The molecule has 2 aromatic carbocycles. The first kappa shape index (κ1) is 22.5. The lowest BCUT2D eigenvalue weighted by atomic mass is 9.65. The number of aryl methyl sites for hydroxylation is 1. The zero-order valence-corrected chi connectivity index (χ0v) is 18.9. The maximum absolute atomic E-state index is 13.4. The van der Waals surface area contributed by atoms with Crippen LogP contribution in [0.5, 0.6) is 0 Å². The van der Waals surface area contributed by atoms with Gasteiger partial charge >= 0.3 is 5.97 Å². The van der Waals surface area contributed by atoms with E-state index in [2.05, 4.69) is 18.1 Å². The van der Waals surface area contributed by atoms with E-state index in [9.17, 15) is 24.5 Å². The number of hydrogen-bond donors (Lipinski definition) is 3. The van der Waals surface area contributed by atoms with Crippen LogP contribution in [0, 0.1) is 11.2 Å². The van der Waals surface area contributed by atoms with Gasteiger partial charge in [-0.1, -0.05) is 36.8 Å². The molecule has 0 aliphatic heterocycles. The van der Waals surface area contributed by atoms with E-state index >= 15 is 0 Å². The van der Waals surface area contributed by atoms with Crippen LogP contribution in [-0.2, 0) is 17.6 Å². The quantitative estimate of drug-likeness (QED) is 0.510. The summed E-state index contributed by atoms with van der Waals surface area (Å²) in [5, 5.41) is 35.7. The molecule has 0 bridgehead atoms. The Morgan fingerprint density at radius 2 is 1.94 bits per heavy atom. The van der Waals surface area contributed by atoms with Gasteiger partial charge in [-0.2, -0.15) is 5.10 Å². The number of aliphatic hydroxyl groups excluding tert-OH is 1. The van der Waals surface area contributed by atoms with Crippen LogP contribution in [-0.4, -0.2) is 36.7 Å². The topological polar surface area (TPSA) is 95.6 Å². The molecule has 7 heteroatoms. The molecule has 1 heterocycles. The lowest BCUT2D eigenvalue weighted by Crippen LogP contribution is -2.45. The number of aromatic nitrogens is 2. The second-order valence-corrected chi connectivity index (χ2v) is 9.59. The van der Waals surface area contributed by atoms with Gasteiger partial charge in [0.1, 0.15) is 5.82 Å². The van der Waals surface area contributed by atoms with Crippen molar-refractivity contribution in [1.29, 1.82) is 0 Å². The fourth-order valence-electron chi connectivity index (χ4n) is 5.62. The SMILES string of the molecule is CC12Cc3cnn(-c4ccc(F)cc4)c3C=C1CCC2(O)CCc1ccccc1C(O)C(=O)O. The first-order chi connectivity index (χ1) is 16.2. The van der Waals surface area contributed by atoms with Crippen LogP contribution in [0.4, 0.5) is 4.39 Å². The van der Waals surface area contributed by atoms with Crippen molar-refractivity contribution < 1.29 is 24.5 Å². The van der Waals surface area contributed by atoms with Crippen LogP contribution in [0.3, 0.4) is 0 Å². The average Bonchev–Trinajstić information content (AvgIpc) is 3.34. The molecule has 0 amide bonds. The van der Waals surface area contributed by atoms with Gasteiger partial charge in [0.15, 0.2) is 6.10 Å². The molecule has 34 heavy (non-hydrogen) atoms. The summed E-state index contributed by atoms with van der Waals surface area (Å²) in [6.07, 6.45) is 5.23. The monoisotopic (exact) mass is 462 g/mol. The number of carboxylic acid groups (broad SMARTS) is 1. The van der Waals surface area contributed by atoms with Crippen molar-refractivity contribution in [2.75, 3.05) is 0 Å². The average molecular weight is 463 g/mol. The van der Waals surface area contributed by atoms with Gasteiger partial charge in [0.25, 0.3) is 0 Å². The number of aliphatic carboxylic acids is 1. The number of hydrogen-bond acceptors (Lipinski definition) is 4. The van der Waals surface area contributed by atoms with Crippen molar-refractivity contribution in [2.45, 2.75) is 50.7 Å². The van der Waals surface area contributed by atoms with Crippen molar-refractivity contribution in [3.63, 3.8) is 0 Å². The fourth-order valence-corrected chi connectivity index (χ4v) is 5.62. The Morgan fingerprint density at radius 3 is 2.68 bits per heavy atom. The minimum Gasteiger partial charge on any atom is -0.479 e. The number of rotatable bonds is 6. The van der Waals surface area contributed by atoms with E-state index in [0.717, 1.165) is 34.5 Å². The zero-order valence-electron chi connectivity index (χ0n) is 18.9. The molecule has 1 aromatic heterocycles. The number of halogens is 1. The molecule has 3 N–H and O–H groups in total. The van der Waals surface area contributed by atoms with Gasteiger partial charge in [-0.25, -0.2) is 13.9 Å². The Balaban J connectivity index is 1.42. The molecule has 3 unspecified atom stereocenters. The van der Waals surface area contributed by atoms with Crippen molar-refractivity contribution >= 4 is 12.0 Å². The van der Waals surface area contributed by atoms with Gasteiger partial charge in [0.2, 0.25) is 0 Å². The first-order valence-corrected chi connectivity index (χ1v) is 11.5. The molecule has 176 valence electrons. The van der Waals surface area contributed by atoms with Crippen LogP contribution in [0.25, 0.3) is 11.8 Å².